The molecule has 1 heterocycles. The monoisotopic (exact) mass is 449 g/mol. The van der Waals surface area contributed by atoms with Crippen molar-refractivity contribution in [3.63, 3.8) is 0 Å². The number of rotatable bonds is 7. The lowest BCUT2D eigenvalue weighted by Crippen LogP contribution is -2.38. The van der Waals surface area contributed by atoms with Gasteiger partial charge >= 0.3 is 0 Å². The van der Waals surface area contributed by atoms with Crippen LogP contribution in [0, 0.1) is 5.92 Å². The molecule has 2 aliphatic rings. The van der Waals surface area contributed by atoms with E-state index in [-0.39, 0.29) is 23.8 Å². The van der Waals surface area contributed by atoms with Crippen molar-refractivity contribution in [1.29, 1.82) is 0 Å². The van der Waals surface area contributed by atoms with E-state index in [2.05, 4.69) is 27.7 Å². The number of nitrogens with zero attached hydrogens (tertiary/aromatic N) is 1. The minimum absolute atomic E-state index is 0.00828. The second-order valence-electron chi connectivity index (χ2n) is 9.25. The summed E-state index contributed by atoms with van der Waals surface area (Å²) in [5.74, 6) is 0.744. The van der Waals surface area contributed by atoms with E-state index in [0.29, 0.717) is 11.3 Å². The number of methoxy groups -OCH3 is 1. The maximum absolute atomic E-state index is 13.0. The summed E-state index contributed by atoms with van der Waals surface area (Å²) in [5.41, 5.74) is 2.37. The molecule has 0 bridgehead atoms. The number of hydrogen-bond acceptors (Lipinski definition) is 4. The maximum atomic E-state index is 13.0. The fourth-order valence-corrected chi connectivity index (χ4v) is 4.92. The third kappa shape index (κ3) is 6.35. The lowest BCUT2D eigenvalue weighted by Gasteiger charge is -2.31. The van der Waals surface area contributed by atoms with Gasteiger partial charge in [0, 0.05) is 18.5 Å². The van der Waals surface area contributed by atoms with Crippen LogP contribution in [0.4, 0.5) is 5.69 Å². The van der Waals surface area contributed by atoms with E-state index in [1.165, 1.54) is 24.8 Å². The van der Waals surface area contributed by atoms with Crippen molar-refractivity contribution < 1.29 is 14.3 Å². The van der Waals surface area contributed by atoms with Gasteiger partial charge in [0.15, 0.2) is 0 Å². The largest absolute Gasteiger partial charge is 0.497 e. The number of piperidine rings is 1. The van der Waals surface area contributed by atoms with Crippen LogP contribution < -0.4 is 15.4 Å². The molecule has 2 amide bonds. The standard InChI is InChI=1S/C27H35N3O3/c1-33-23-11-7-8-20(18-23)19-30-16-14-21(15-17-30)26(31)29-25-13-6-5-12-24(25)27(32)28-22-9-3-2-4-10-22/h5-8,11-13,18,21-22H,2-4,9-10,14-17,19H2,1H3,(H,28,32)(H,29,31). The fourth-order valence-electron chi connectivity index (χ4n) is 4.92. The average Bonchev–Trinajstić information content (AvgIpc) is 2.85. The van der Waals surface area contributed by atoms with Crippen molar-refractivity contribution in [2.24, 2.45) is 5.92 Å². The third-order valence-corrected chi connectivity index (χ3v) is 6.87. The molecule has 0 aromatic heterocycles. The van der Waals surface area contributed by atoms with E-state index < -0.39 is 0 Å². The molecule has 2 aromatic carbocycles. The summed E-state index contributed by atoms with van der Waals surface area (Å²) in [6.45, 7) is 2.61. The predicted octanol–water partition coefficient (Wildman–Crippen LogP) is 4.61. The van der Waals surface area contributed by atoms with Gasteiger partial charge in [-0.1, -0.05) is 43.5 Å². The summed E-state index contributed by atoms with van der Waals surface area (Å²) in [7, 11) is 1.68. The Balaban J connectivity index is 1.30. The van der Waals surface area contributed by atoms with E-state index in [9.17, 15) is 9.59 Å². The molecule has 0 unspecified atom stereocenters. The molecule has 2 N–H and O–H groups in total. The summed E-state index contributed by atoms with van der Waals surface area (Å²) in [5, 5.41) is 6.20. The summed E-state index contributed by atoms with van der Waals surface area (Å²) < 4.78 is 5.32. The highest BCUT2D eigenvalue weighted by Crippen LogP contribution is 2.24. The Morgan fingerprint density at radius 1 is 0.970 bits per heavy atom. The number of carbonyl (C=O) groups excluding carboxylic acids is 2. The third-order valence-electron chi connectivity index (χ3n) is 6.87. The van der Waals surface area contributed by atoms with E-state index in [4.69, 9.17) is 4.74 Å². The highest BCUT2D eigenvalue weighted by Gasteiger charge is 2.26. The number of anilines is 1. The molecule has 0 atom stereocenters. The molecule has 1 saturated heterocycles. The van der Waals surface area contributed by atoms with Gasteiger partial charge in [0.25, 0.3) is 5.91 Å². The highest BCUT2D eigenvalue weighted by atomic mass is 16.5. The number of ether oxygens (including phenoxy) is 1. The first-order valence-corrected chi connectivity index (χ1v) is 12.2. The van der Waals surface area contributed by atoms with Gasteiger partial charge in [-0.05, 0) is 68.6 Å². The summed E-state index contributed by atoms with van der Waals surface area (Å²) in [6, 6.07) is 15.7. The molecular formula is C27H35N3O3. The number of nitrogens with one attached hydrogen (secondary N) is 2. The van der Waals surface area contributed by atoms with Gasteiger partial charge in [-0.2, -0.15) is 0 Å². The molecule has 1 saturated carbocycles. The first kappa shape index (κ1) is 23.3. The Kier molecular flexibility index (Phi) is 8.00. The molecule has 33 heavy (non-hydrogen) atoms. The van der Waals surface area contributed by atoms with Crippen molar-refractivity contribution in [3.05, 3.63) is 59.7 Å². The summed E-state index contributed by atoms with van der Waals surface area (Å²) in [6.07, 6.45) is 7.28. The average molecular weight is 450 g/mol. The molecule has 2 aromatic rings. The van der Waals surface area contributed by atoms with Crippen molar-refractivity contribution in [2.45, 2.75) is 57.5 Å². The van der Waals surface area contributed by atoms with Crippen LogP contribution in [0.3, 0.4) is 0 Å². The van der Waals surface area contributed by atoms with Gasteiger partial charge in [0.2, 0.25) is 5.91 Å². The van der Waals surface area contributed by atoms with Crippen molar-refractivity contribution >= 4 is 17.5 Å². The molecule has 4 rings (SSSR count). The Hall–Kier alpha value is -2.86. The number of likely N-dealkylation sites (tertiary alicyclic amines) is 1. The Morgan fingerprint density at radius 2 is 1.73 bits per heavy atom. The number of benzene rings is 2. The highest BCUT2D eigenvalue weighted by molar-refractivity contribution is 6.04. The van der Waals surface area contributed by atoms with Crippen molar-refractivity contribution in [3.8, 4) is 5.75 Å². The minimum Gasteiger partial charge on any atom is -0.497 e. The first-order chi connectivity index (χ1) is 16.1. The second-order valence-corrected chi connectivity index (χ2v) is 9.25. The van der Waals surface area contributed by atoms with Crippen LogP contribution >= 0.6 is 0 Å². The first-order valence-electron chi connectivity index (χ1n) is 12.2. The molecule has 2 fully saturated rings. The van der Waals surface area contributed by atoms with Crippen molar-refractivity contribution in [1.82, 2.24) is 10.2 Å². The summed E-state index contributed by atoms with van der Waals surface area (Å²) >= 11 is 0. The van der Waals surface area contributed by atoms with E-state index in [1.54, 1.807) is 13.2 Å². The predicted molar refractivity (Wildman–Crippen MR) is 130 cm³/mol. The Labute approximate surface area is 196 Å². The van der Waals surface area contributed by atoms with Gasteiger partial charge in [-0.3, -0.25) is 14.5 Å². The maximum Gasteiger partial charge on any atom is 0.253 e. The number of amides is 2. The molecule has 1 aliphatic heterocycles. The molecule has 0 spiro atoms. The molecule has 6 heteroatoms. The van der Waals surface area contributed by atoms with Crippen molar-refractivity contribution in [2.75, 3.05) is 25.5 Å². The zero-order valence-corrected chi connectivity index (χ0v) is 19.5. The smallest absolute Gasteiger partial charge is 0.253 e. The molecule has 0 radical (unpaired) electrons. The molecule has 176 valence electrons. The Bertz CT molecular complexity index is 947. The second kappa shape index (κ2) is 11.3. The topological polar surface area (TPSA) is 70.7 Å². The van der Waals surface area contributed by atoms with Gasteiger partial charge in [-0.25, -0.2) is 0 Å². The molecule has 6 nitrogen and oxygen atoms in total. The SMILES string of the molecule is COc1cccc(CN2CCC(C(=O)Nc3ccccc3C(=O)NC3CCCCC3)CC2)c1. The van der Waals surface area contributed by atoms with Gasteiger partial charge in [0.1, 0.15) is 5.75 Å². The number of para-hydroxylation sites is 1. The summed E-state index contributed by atoms with van der Waals surface area (Å²) in [4.78, 5) is 28.3. The van der Waals surface area contributed by atoms with Crippen LogP contribution in [0.5, 0.6) is 5.75 Å². The van der Waals surface area contributed by atoms with E-state index in [1.807, 2.05) is 30.3 Å². The molecule has 1 aliphatic carbocycles. The van der Waals surface area contributed by atoms with Crippen LogP contribution in [0.15, 0.2) is 48.5 Å². The quantitative estimate of drug-likeness (QED) is 0.648. The van der Waals surface area contributed by atoms with E-state index in [0.717, 1.165) is 51.1 Å². The normalized spacial score (nSPS) is 18.0. The van der Waals surface area contributed by atoms with Crippen LogP contribution in [-0.4, -0.2) is 43.0 Å². The van der Waals surface area contributed by atoms with Crippen LogP contribution in [0.25, 0.3) is 0 Å². The van der Waals surface area contributed by atoms with Crippen LogP contribution in [-0.2, 0) is 11.3 Å². The fraction of sp³-hybridized carbons (Fsp3) is 0.481. The zero-order chi connectivity index (χ0) is 23.0. The number of hydrogen-bond donors (Lipinski definition) is 2. The van der Waals surface area contributed by atoms with Crippen LogP contribution in [0.2, 0.25) is 0 Å². The van der Waals surface area contributed by atoms with Crippen LogP contribution in [0.1, 0.15) is 60.9 Å². The zero-order valence-electron chi connectivity index (χ0n) is 19.5. The number of carbonyl (C=O) groups is 2. The minimum atomic E-state index is -0.0918. The van der Waals surface area contributed by atoms with E-state index >= 15 is 0 Å². The lowest BCUT2D eigenvalue weighted by atomic mass is 9.94. The van der Waals surface area contributed by atoms with Gasteiger partial charge < -0.3 is 15.4 Å². The lowest BCUT2D eigenvalue weighted by molar-refractivity contribution is -0.121. The molecular weight excluding hydrogens is 414 g/mol. The van der Waals surface area contributed by atoms with Gasteiger partial charge in [-0.15, -0.1) is 0 Å². The van der Waals surface area contributed by atoms with Gasteiger partial charge in [0.05, 0.1) is 18.4 Å². The Morgan fingerprint density at radius 3 is 2.48 bits per heavy atom.